The van der Waals surface area contributed by atoms with E-state index in [1.165, 1.54) is 0 Å². The zero-order valence-corrected chi connectivity index (χ0v) is 19.2. The van der Waals surface area contributed by atoms with Crippen LogP contribution in [0.15, 0.2) is 49.8 Å². The Labute approximate surface area is 182 Å². The highest BCUT2D eigenvalue weighted by atomic mass is 79.9. The van der Waals surface area contributed by atoms with E-state index in [1.807, 2.05) is 43.3 Å². The summed E-state index contributed by atoms with van der Waals surface area (Å²) in [4.78, 5) is 26.9. The predicted molar refractivity (Wildman–Crippen MR) is 116 cm³/mol. The zero-order chi connectivity index (χ0) is 19.6. The van der Waals surface area contributed by atoms with E-state index in [4.69, 9.17) is 4.74 Å². The third-order valence-electron chi connectivity index (χ3n) is 4.21. The fourth-order valence-electron chi connectivity index (χ4n) is 2.96. The maximum atomic E-state index is 12.8. The first-order valence-electron chi connectivity index (χ1n) is 8.38. The SMILES string of the molecule is CCOc1ccccc1N1CC(C(=O)Nc2c(Br)cc(Br)cc2Br)CC1=O. The summed E-state index contributed by atoms with van der Waals surface area (Å²) in [5.74, 6) is -0.0675. The number of benzene rings is 2. The van der Waals surface area contributed by atoms with Crippen molar-refractivity contribution in [3.63, 3.8) is 0 Å². The Kier molecular flexibility index (Phi) is 6.60. The van der Waals surface area contributed by atoms with Crippen LogP contribution in [0.25, 0.3) is 0 Å². The van der Waals surface area contributed by atoms with Crippen LogP contribution in [0.1, 0.15) is 13.3 Å². The van der Waals surface area contributed by atoms with Crippen LogP contribution in [0.5, 0.6) is 5.75 Å². The second-order valence-corrected chi connectivity index (χ2v) is 8.66. The van der Waals surface area contributed by atoms with Crippen molar-refractivity contribution >= 4 is 71.0 Å². The van der Waals surface area contributed by atoms with Crippen molar-refractivity contribution in [2.45, 2.75) is 13.3 Å². The van der Waals surface area contributed by atoms with Crippen LogP contribution in [0.3, 0.4) is 0 Å². The van der Waals surface area contributed by atoms with Gasteiger partial charge in [-0.15, -0.1) is 0 Å². The highest BCUT2D eigenvalue weighted by molar-refractivity contribution is 9.11. The van der Waals surface area contributed by atoms with E-state index in [1.54, 1.807) is 4.90 Å². The quantitative estimate of drug-likeness (QED) is 0.535. The monoisotopic (exact) mass is 558 g/mol. The first-order chi connectivity index (χ1) is 12.9. The Morgan fingerprint density at radius 3 is 2.56 bits per heavy atom. The molecule has 1 aliphatic heterocycles. The Hall–Kier alpha value is -1.38. The molecule has 2 aromatic carbocycles. The van der Waals surface area contributed by atoms with Crippen molar-refractivity contribution in [1.29, 1.82) is 0 Å². The molecule has 0 aromatic heterocycles. The molecule has 1 atom stereocenters. The summed E-state index contributed by atoms with van der Waals surface area (Å²) in [6.07, 6.45) is 0.165. The summed E-state index contributed by atoms with van der Waals surface area (Å²) in [5, 5.41) is 2.92. The Morgan fingerprint density at radius 1 is 1.22 bits per heavy atom. The number of rotatable bonds is 5. The highest BCUT2D eigenvalue weighted by Gasteiger charge is 2.36. The van der Waals surface area contributed by atoms with Gasteiger partial charge in [0, 0.05) is 26.4 Å². The normalized spacial score (nSPS) is 16.5. The van der Waals surface area contributed by atoms with E-state index in [-0.39, 0.29) is 18.2 Å². The molecule has 3 rings (SSSR count). The molecule has 1 N–H and O–H groups in total. The van der Waals surface area contributed by atoms with Gasteiger partial charge in [0.25, 0.3) is 0 Å². The molecule has 142 valence electrons. The van der Waals surface area contributed by atoms with Crippen LogP contribution < -0.4 is 15.0 Å². The van der Waals surface area contributed by atoms with Crippen LogP contribution >= 0.6 is 47.8 Å². The second kappa shape index (κ2) is 8.75. The van der Waals surface area contributed by atoms with Crippen LogP contribution in [-0.2, 0) is 9.59 Å². The number of hydrogen-bond donors (Lipinski definition) is 1. The lowest BCUT2D eigenvalue weighted by Gasteiger charge is -2.20. The van der Waals surface area contributed by atoms with Gasteiger partial charge >= 0.3 is 0 Å². The third kappa shape index (κ3) is 4.55. The minimum Gasteiger partial charge on any atom is -0.492 e. The van der Waals surface area contributed by atoms with Gasteiger partial charge in [0.15, 0.2) is 0 Å². The van der Waals surface area contributed by atoms with Crippen molar-refractivity contribution in [2.24, 2.45) is 5.92 Å². The fourth-order valence-corrected chi connectivity index (χ4v) is 5.42. The third-order valence-corrected chi connectivity index (χ3v) is 5.92. The zero-order valence-electron chi connectivity index (χ0n) is 14.5. The summed E-state index contributed by atoms with van der Waals surface area (Å²) in [6.45, 7) is 2.72. The van der Waals surface area contributed by atoms with E-state index < -0.39 is 5.92 Å². The summed E-state index contributed by atoms with van der Waals surface area (Å²) >= 11 is 10.3. The number of carbonyl (C=O) groups is 2. The fraction of sp³-hybridized carbons (Fsp3) is 0.263. The molecule has 27 heavy (non-hydrogen) atoms. The van der Waals surface area contributed by atoms with Crippen molar-refractivity contribution < 1.29 is 14.3 Å². The molecule has 0 bridgehead atoms. The second-order valence-electron chi connectivity index (χ2n) is 6.04. The molecule has 1 aliphatic rings. The summed E-state index contributed by atoms with van der Waals surface area (Å²) in [5.41, 5.74) is 1.34. The maximum Gasteiger partial charge on any atom is 0.229 e. The van der Waals surface area contributed by atoms with Gasteiger partial charge in [-0.1, -0.05) is 28.1 Å². The predicted octanol–water partition coefficient (Wildman–Crippen LogP) is 5.36. The highest BCUT2D eigenvalue weighted by Crippen LogP contribution is 2.36. The number of nitrogens with zero attached hydrogens (tertiary/aromatic N) is 1. The maximum absolute atomic E-state index is 12.8. The van der Waals surface area contributed by atoms with Crippen molar-refractivity contribution in [3.05, 3.63) is 49.8 Å². The number of anilines is 2. The van der Waals surface area contributed by atoms with Gasteiger partial charge in [-0.2, -0.15) is 0 Å². The molecule has 1 saturated heterocycles. The summed E-state index contributed by atoms with van der Waals surface area (Å²) < 4.78 is 8.00. The van der Waals surface area contributed by atoms with Gasteiger partial charge in [0.05, 0.1) is 23.9 Å². The topological polar surface area (TPSA) is 58.6 Å². The molecule has 2 amide bonds. The number of para-hydroxylation sites is 2. The average Bonchev–Trinajstić information content (AvgIpc) is 3.00. The lowest BCUT2D eigenvalue weighted by Crippen LogP contribution is -2.28. The number of carbonyl (C=O) groups excluding carboxylic acids is 2. The number of nitrogens with one attached hydrogen (secondary N) is 1. The molecule has 1 unspecified atom stereocenters. The van der Waals surface area contributed by atoms with Crippen LogP contribution in [-0.4, -0.2) is 25.0 Å². The largest absolute Gasteiger partial charge is 0.492 e. The molecule has 1 heterocycles. The molecule has 0 aliphatic carbocycles. The molecule has 8 heteroatoms. The minimum absolute atomic E-state index is 0.0868. The van der Waals surface area contributed by atoms with Crippen LogP contribution in [0.2, 0.25) is 0 Å². The molecule has 0 saturated carbocycles. The Bertz CT molecular complexity index is 865. The number of ether oxygens (including phenoxy) is 1. The molecular formula is C19H17Br3N2O3. The van der Waals surface area contributed by atoms with E-state index in [0.717, 1.165) is 13.4 Å². The van der Waals surface area contributed by atoms with Gasteiger partial charge in [0.1, 0.15) is 5.75 Å². The Morgan fingerprint density at radius 2 is 1.89 bits per heavy atom. The van der Waals surface area contributed by atoms with Crippen LogP contribution in [0, 0.1) is 5.92 Å². The molecule has 1 fully saturated rings. The molecule has 0 radical (unpaired) electrons. The van der Waals surface area contributed by atoms with E-state index >= 15 is 0 Å². The Balaban J connectivity index is 1.77. The number of halogens is 3. The molecule has 5 nitrogen and oxygen atoms in total. The van der Waals surface area contributed by atoms with E-state index in [9.17, 15) is 9.59 Å². The lowest BCUT2D eigenvalue weighted by molar-refractivity contribution is -0.122. The average molecular weight is 561 g/mol. The van der Waals surface area contributed by atoms with Crippen molar-refractivity contribution in [1.82, 2.24) is 0 Å². The van der Waals surface area contributed by atoms with Crippen molar-refractivity contribution in [2.75, 3.05) is 23.4 Å². The number of amides is 2. The first-order valence-corrected chi connectivity index (χ1v) is 10.8. The van der Waals surface area contributed by atoms with E-state index in [0.29, 0.717) is 30.3 Å². The van der Waals surface area contributed by atoms with E-state index in [2.05, 4.69) is 53.1 Å². The van der Waals surface area contributed by atoms with Gasteiger partial charge in [-0.05, 0) is 63.0 Å². The first kappa shape index (κ1) is 20.4. The van der Waals surface area contributed by atoms with Gasteiger partial charge in [-0.25, -0.2) is 0 Å². The minimum atomic E-state index is -0.436. The van der Waals surface area contributed by atoms with Gasteiger partial charge in [0.2, 0.25) is 11.8 Å². The smallest absolute Gasteiger partial charge is 0.229 e. The van der Waals surface area contributed by atoms with Gasteiger partial charge < -0.3 is 15.0 Å². The molecule has 0 spiro atoms. The van der Waals surface area contributed by atoms with Gasteiger partial charge in [-0.3, -0.25) is 9.59 Å². The summed E-state index contributed by atoms with van der Waals surface area (Å²) in [6, 6.07) is 11.1. The number of hydrogen-bond acceptors (Lipinski definition) is 3. The van der Waals surface area contributed by atoms with Crippen molar-refractivity contribution in [3.8, 4) is 5.75 Å². The molecule has 2 aromatic rings. The lowest BCUT2D eigenvalue weighted by atomic mass is 10.1. The summed E-state index contributed by atoms with van der Waals surface area (Å²) in [7, 11) is 0. The van der Waals surface area contributed by atoms with Crippen LogP contribution in [0.4, 0.5) is 11.4 Å². The standard InChI is InChI=1S/C19H17Br3N2O3/c1-2-27-16-6-4-3-5-15(16)24-10-11(7-17(24)25)19(26)23-18-13(21)8-12(20)9-14(18)22/h3-6,8-9,11H,2,7,10H2,1H3,(H,23,26). The molecular weight excluding hydrogens is 544 g/mol.